The average Bonchev–Trinajstić information content (AvgIpc) is 2.59. The molecule has 0 N–H and O–H groups in total. The van der Waals surface area contributed by atoms with Gasteiger partial charge in [-0.2, -0.15) is 0 Å². The van der Waals surface area contributed by atoms with E-state index in [1.165, 1.54) is 38.4 Å². The van der Waals surface area contributed by atoms with Crippen LogP contribution in [0.15, 0.2) is 57.9 Å². The van der Waals surface area contributed by atoms with E-state index < -0.39 is 22.6 Å². The third-order valence-corrected chi connectivity index (χ3v) is 5.90. The Morgan fingerprint density at radius 2 is 1.64 bits per heavy atom. The van der Waals surface area contributed by atoms with Gasteiger partial charge in [0, 0.05) is 24.1 Å². The zero-order valence-electron chi connectivity index (χ0n) is 13.6. The maximum Gasteiger partial charge on any atom is 0.338 e. The number of hydrogen-bond acceptors (Lipinski definition) is 5. The second kappa shape index (κ2) is 7.90. The van der Waals surface area contributed by atoms with Gasteiger partial charge in [0.15, 0.2) is 6.61 Å². The highest BCUT2D eigenvalue weighted by Gasteiger charge is 2.18. The van der Waals surface area contributed by atoms with Gasteiger partial charge in [-0.3, -0.25) is 4.79 Å². The molecule has 0 fully saturated rings. The van der Waals surface area contributed by atoms with Crippen LogP contribution in [0, 0.1) is 0 Å². The normalized spacial score (nSPS) is 11.4. The maximum absolute atomic E-state index is 12.1. The zero-order chi connectivity index (χ0) is 18.6. The number of hydrogen-bond donors (Lipinski definition) is 0. The number of ether oxygens (including phenoxy) is 1. The van der Waals surface area contributed by atoms with Crippen molar-refractivity contribution in [1.29, 1.82) is 0 Å². The molecule has 0 bridgehead atoms. The van der Waals surface area contributed by atoms with E-state index in [2.05, 4.69) is 15.9 Å². The monoisotopic (exact) mass is 425 g/mol. The third-order valence-electron chi connectivity index (χ3n) is 3.38. The van der Waals surface area contributed by atoms with Gasteiger partial charge < -0.3 is 4.74 Å². The van der Waals surface area contributed by atoms with Gasteiger partial charge in [-0.05, 0) is 30.3 Å². The number of ketones is 1. The number of rotatable bonds is 6. The van der Waals surface area contributed by atoms with Crippen molar-refractivity contribution in [2.24, 2.45) is 0 Å². The summed E-state index contributed by atoms with van der Waals surface area (Å²) in [6.45, 7) is -0.404. The Hall–Kier alpha value is -2.03. The number of carbonyl (C=O) groups excluding carboxylic acids is 2. The van der Waals surface area contributed by atoms with Gasteiger partial charge in [0.1, 0.15) is 0 Å². The SMILES string of the molecule is CN(C)S(=O)(=O)c1ccc(C(=O)OCC(=O)c2ccccc2Br)cc1. The Morgan fingerprint density at radius 3 is 2.20 bits per heavy atom. The average molecular weight is 426 g/mol. The van der Waals surface area contributed by atoms with Gasteiger partial charge in [0.05, 0.1) is 10.5 Å². The molecular formula is C17H16BrNO5S. The Balaban J connectivity index is 2.05. The van der Waals surface area contributed by atoms with Crippen molar-refractivity contribution in [3.05, 3.63) is 64.1 Å². The van der Waals surface area contributed by atoms with E-state index >= 15 is 0 Å². The molecule has 2 rings (SSSR count). The maximum atomic E-state index is 12.1. The summed E-state index contributed by atoms with van der Waals surface area (Å²) >= 11 is 3.26. The lowest BCUT2D eigenvalue weighted by atomic mass is 10.1. The zero-order valence-corrected chi connectivity index (χ0v) is 16.0. The summed E-state index contributed by atoms with van der Waals surface area (Å²) in [7, 11) is -0.721. The highest BCUT2D eigenvalue weighted by Crippen LogP contribution is 2.17. The van der Waals surface area contributed by atoms with Crippen LogP contribution in [-0.2, 0) is 14.8 Å². The highest BCUT2D eigenvalue weighted by molar-refractivity contribution is 9.10. The smallest absolute Gasteiger partial charge is 0.338 e. The van der Waals surface area contributed by atoms with E-state index in [1.54, 1.807) is 24.3 Å². The second-order valence-electron chi connectivity index (χ2n) is 5.29. The Morgan fingerprint density at radius 1 is 1.04 bits per heavy atom. The molecule has 0 spiro atoms. The van der Waals surface area contributed by atoms with Crippen molar-refractivity contribution < 1.29 is 22.7 Å². The van der Waals surface area contributed by atoms with Gasteiger partial charge >= 0.3 is 5.97 Å². The number of halogens is 1. The molecular weight excluding hydrogens is 410 g/mol. The van der Waals surface area contributed by atoms with Crippen molar-refractivity contribution in [3.8, 4) is 0 Å². The largest absolute Gasteiger partial charge is 0.454 e. The van der Waals surface area contributed by atoms with Crippen molar-refractivity contribution in [1.82, 2.24) is 4.31 Å². The first-order valence-electron chi connectivity index (χ1n) is 7.21. The predicted octanol–water partition coefficient (Wildman–Crippen LogP) is 2.74. The summed E-state index contributed by atoms with van der Waals surface area (Å²) in [5.41, 5.74) is 0.584. The topological polar surface area (TPSA) is 80.8 Å². The molecule has 0 aliphatic heterocycles. The van der Waals surface area contributed by atoms with Crippen LogP contribution in [-0.4, -0.2) is 45.2 Å². The third kappa shape index (κ3) is 4.53. The summed E-state index contributed by atoms with van der Waals surface area (Å²) in [5, 5.41) is 0. The van der Waals surface area contributed by atoms with Crippen molar-refractivity contribution >= 4 is 37.7 Å². The second-order valence-corrected chi connectivity index (χ2v) is 8.30. The molecule has 0 saturated heterocycles. The summed E-state index contributed by atoms with van der Waals surface area (Å²) in [6, 6.07) is 12.2. The molecule has 0 atom stereocenters. The lowest BCUT2D eigenvalue weighted by molar-refractivity contribution is 0.0474. The van der Waals surface area contributed by atoms with Crippen LogP contribution in [0.2, 0.25) is 0 Å². The molecule has 8 heteroatoms. The first kappa shape index (κ1) is 19.3. The van der Waals surface area contributed by atoms with E-state index in [4.69, 9.17) is 4.74 Å². The summed E-state index contributed by atoms with van der Waals surface area (Å²) < 4.78 is 30.7. The Labute approximate surface area is 154 Å². The number of benzene rings is 2. The lowest BCUT2D eigenvalue weighted by Crippen LogP contribution is -2.22. The van der Waals surface area contributed by atoms with Crippen LogP contribution in [0.5, 0.6) is 0 Å². The van der Waals surface area contributed by atoms with Crippen LogP contribution >= 0.6 is 15.9 Å². The molecule has 2 aromatic carbocycles. The molecule has 2 aromatic rings. The van der Waals surface area contributed by atoms with Gasteiger partial charge in [-0.25, -0.2) is 17.5 Å². The van der Waals surface area contributed by atoms with E-state index in [-0.39, 0.29) is 16.2 Å². The standard InChI is InChI=1S/C17H16BrNO5S/c1-19(2)25(22,23)13-9-7-12(8-10-13)17(21)24-11-16(20)14-5-3-4-6-15(14)18/h3-10H,11H2,1-2H3. The van der Waals surface area contributed by atoms with Crippen molar-refractivity contribution in [2.75, 3.05) is 20.7 Å². The predicted molar refractivity (Wildman–Crippen MR) is 96.1 cm³/mol. The number of nitrogens with zero attached hydrogens (tertiary/aromatic N) is 1. The van der Waals surface area contributed by atoms with E-state index in [0.717, 1.165) is 4.31 Å². The molecule has 0 aliphatic rings. The first-order chi connectivity index (χ1) is 11.7. The van der Waals surface area contributed by atoms with Crippen LogP contribution in [0.3, 0.4) is 0 Å². The fourth-order valence-electron chi connectivity index (χ4n) is 1.95. The first-order valence-corrected chi connectivity index (χ1v) is 9.44. The molecule has 25 heavy (non-hydrogen) atoms. The quantitative estimate of drug-likeness (QED) is 0.524. The minimum absolute atomic E-state index is 0.0679. The minimum atomic E-state index is -3.56. The van der Waals surface area contributed by atoms with E-state index in [1.807, 2.05) is 0 Å². The molecule has 132 valence electrons. The summed E-state index contributed by atoms with van der Waals surface area (Å²) in [6.07, 6.45) is 0. The van der Waals surface area contributed by atoms with E-state index in [0.29, 0.717) is 10.0 Å². The van der Waals surface area contributed by atoms with Crippen LogP contribution < -0.4 is 0 Å². The van der Waals surface area contributed by atoms with E-state index in [9.17, 15) is 18.0 Å². The van der Waals surface area contributed by atoms with Gasteiger partial charge in [-0.1, -0.05) is 34.1 Å². The van der Waals surface area contributed by atoms with Crippen LogP contribution in [0.1, 0.15) is 20.7 Å². The number of carbonyl (C=O) groups is 2. The lowest BCUT2D eigenvalue weighted by Gasteiger charge is -2.11. The Bertz CT molecular complexity index is 892. The summed E-state index contributed by atoms with van der Waals surface area (Å²) in [5.74, 6) is -1.04. The fraction of sp³-hybridized carbons (Fsp3) is 0.176. The number of esters is 1. The minimum Gasteiger partial charge on any atom is -0.454 e. The molecule has 0 unspecified atom stereocenters. The highest BCUT2D eigenvalue weighted by atomic mass is 79.9. The molecule has 0 saturated carbocycles. The van der Waals surface area contributed by atoms with Crippen molar-refractivity contribution in [3.63, 3.8) is 0 Å². The number of Topliss-reactive ketones (excluding diaryl/α,β-unsaturated/α-hetero) is 1. The summed E-state index contributed by atoms with van der Waals surface area (Å²) in [4.78, 5) is 24.2. The van der Waals surface area contributed by atoms with Gasteiger partial charge in [0.25, 0.3) is 0 Å². The molecule has 0 amide bonds. The molecule has 0 heterocycles. The molecule has 0 radical (unpaired) electrons. The molecule has 0 aliphatic carbocycles. The molecule has 6 nitrogen and oxygen atoms in total. The number of sulfonamides is 1. The Kier molecular flexibility index (Phi) is 6.10. The van der Waals surface area contributed by atoms with Crippen LogP contribution in [0.25, 0.3) is 0 Å². The van der Waals surface area contributed by atoms with Crippen LogP contribution in [0.4, 0.5) is 0 Å². The fourth-order valence-corrected chi connectivity index (χ4v) is 3.36. The van der Waals surface area contributed by atoms with Gasteiger partial charge in [0.2, 0.25) is 15.8 Å². The molecule has 0 aromatic heterocycles. The van der Waals surface area contributed by atoms with Crippen molar-refractivity contribution in [2.45, 2.75) is 4.90 Å². The van der Waals surface area contributed by atoms with Gasteiger partial charge in [-0.15, -0.1) is 0 Å².